The lowest BCUT2D eigenvalue weighted by Crippen LogP contribution is -2.04. The maximum Gasteiger partial charge on any atom is 0.223 e. The highest BCUT2D eigenvalue weighted by Gasteiger charge is 2.07. The maximum absolute atomic E-state index is 11.2. The van der Waals surface area contributed by atoms with E-state index >= 15 is 0 Å². The van der Waals surface area contributed by atoms with Crippen molar-refractivity contribution < 1.29 is 9.59 Å². The third-order valence-electron chi connectivity index (χ3n) is 2.08. The van der Waals surface area contributed by atoms with Crippen LogP contribution in [0.4, 0.5) is 5.13 Å². The van der Waals surface area contributed by atoms with Gasteiger partial charge in [0.2, 0.25) is 5.91 Å². The summed E-state index contributed by atoms with van der Waals surface area (Å²) in [7, 11) is 0. The average molecular weight is 234 g/mol. The molecule has 2 rings (SSSR count). The number of carbonyl (C=O) groups excluding carboxylic acids is 2. The minimum absolute atomic E-state index is 0.0244. The van der Waals surface area contributed by atoms with E-state index < -0.39 is 0 Å². The van der Waals surface area contributed by atoms with Crippen molar-refractivity contribution in [1.29, 1.82) is 0 Å². The topological polar surface area (TPSA) is 59.1 Å². The molecule has 0 aliphatic rings. The van der Waals surface area contributed by atoms with Crippen molar-refractivity contribution in [3.63, 3.8) is 0 Å². The monoisotopic (exact) mass is 234 g/mol. The van der Waals surface area contributed by atoms with E-state index in [1.165, 1.54) is 25.2 Å². The highest BCUT2D eigenvalue weighted by Crippen LogP contribution is 2.26. The number of nitrogens with zero attached hydrogens (tertiary/aromatic N) is 1. The summed E-state index contributed by atoms with van der Waals surface area (Å²) in [5.41, 5.74) is 1.45. The standard InChI is InChI=1S/C11H10N2O2S/c1-6(14)8-3-4-9-10(5-8)16-11(13-9)12-7(2)15/h3-5H,1-2H3,(H,12,13,15). The number of benzene rings is 1. The molecule has 0 radical (unpaired) electrons. The first-order chi connectivity index (χ1) is 7.56. The molecule has 1 aromatic heterocycles. The van der Waals surface area contributed by atoms with Crippen LogP contribution in [-0.2, 0) is 4.79 Å². The zero-order valence-electron chi connectivity index (χ0n) is 8.90. The molecule has 16 heavy (non-hydrogen) atoms. The van der Waals surface area contributed by atoms with Crippen LogP contribution >= 0.6 is 11.3 Å². The van der Waals surface area contributed by atoms with Crippen molar-refractivity contribution >= 4 is 38.4 Å². The van der Waals surface area contributed by atoms with Gasteiger partial charge in [0.05, 0.1) is 10.2 Å². The fraction of sp³-hybridized carbons (Fsp3) is 0.182. The molecule has 5 heteroatoms. The van der Waals surface area contributed by atoms with Crippen molar-refractivity contribution in [3.8, 4) is 0 Å². The van der Waals surface area contributed by atoms with E-state index in [0.717, 1.165) is 10.2 Å². The lowest BCUT2D eigenvalue weighted by Gasteiger charge is -1.92. The van der Waals surface area contributed by atoms with Crippen molar-refractivity contribution in [2.75, 3.05) is 5.32 Å². The molecule has 0 aliphatic heterocycles. The predicted octanol–water partition coefficient (Wildman–Crippen LogP) is 2.46. The minimum atomic E-state index is -0.147. The minimum Gasteiger partial charge on any atom is -0.302 e. The van der Waals surface area contributed by atoms with Crippen molar-refractivity contribution in [3.05, 3.63) is 23.8 Å². The van der Waals surface area contributed by atoms with Crippen molar-refractivity contribution in [2.24, 2.45) is 0 Å². The van der Waals surface area contributed by atoms with Gasteiger partial charge in [0.1, 0.15) is 0 Å². The van der Waals surface area contributed by atoms with E-state index in [4.69, 9.17) is 0 Å². The normalized spacial score (nSPS) is 10.4. The second-order valence-electron chi connectivity index (χ2n) is 3.44. The molecule has 0 aliphatic carbocycles. The number of rotatable bonds is 2. The summed E-state index contributed by atoms with van der Waals surface area (Å²) in [6.45, 7) is 2.96. The summed E-state index contributed by atoms with van der Waals surface area (Å²) >= 11 is 1.36. The maximum atomic E-state index is 11.2. The highest BCUT2D eigenvalue weighted by molar-refractivity contribution is 7.22. The zero-order chi connectivity index (χ0) is 11.7. The number of anilines is 1. The Balaban J connectivity index is 2.45. The third kappa shape index (κ3) is 2.09. The molecule has 1 N–H and O–H groups in total. The molecule has 1 amide bonds. The largest absolute Gasteiger partial charge is 0.302 e. The molecule has 1 aromatic carbocycles. The lowest BCUT2D eigenvalue weighted by molar-refractivity contribution is -0.114. The van der Waals surface area contributed by atoms with E-state index in [2.05, 4.69) is 10.3 Å². The van der Waals surface area contributed by atoms with Gasteiger partial charge in [0.15, 0.2) is 10.9 Å². The molecular formula is C11H10N2O2S. The number of fused-ring (bicyclic) bond motifs is 1. The number of hydrogen-bond donors (Lipinski definition) is 1. The van der Waals surface area contributed by atoms with Crippen LogP contribution in [-0.4, -0.2) is 16.7 Å². The fourth-order valence-corrected chi connectivity index (χ4v) is 2.30. The number of amides is 1. The SMILES string of the molecule is CC(=O)Nc1nc2ccc(C(C)=O)cc2s1. The second-order valence-corrected chi connectivity index (χ2v) is 4.47. The average Bonchev–Trinajstić information content (AvgIpc) is 2.56. The van der Waals surface area contributed by atoms with Gasteiger partial charge in [-0.15, -0.1) is 0 Å². The molecule has 0 atom stereocenters. The second kappa shape index (κ2) is 4.02. The zero-order valence-corrected chi connectivity index (χ0v) is 9.72. The number of Topliss-reactive ketones (excluding diaryl/α,β-unsaturated/α-hetero) is 1. The predicted molar refractivity (Wildman–Crippen MR) is 63.9 cm³/mol. The van der Waals surface area contributed by atoms with Gasteiger partial charge in [-0.3, -0.25) is 9.59 Å². The van der Waals surface area contributed by atoms with Crippen LogP contribution in [0.25, 0.3) is 10.2 Å². The first-order valence-corrected chi connectivity index (χ1v) is 5.57. The van der Waals surface area contributed by atoms with Crippen LogP contribution in [0, 0.1) is 0 Å². The smallest absolute Gasteiger partial charge is 0.223 e. The summed E-state index contributed by atoms with van der Waals surface area (Å²) in [4.78, 5) is 26.3. The van der Waals surface area contributed by atoms with E-state index in [1.54, 1.807) is 18.2 Å². The molecule has 0 saturated carbocycles. The Labute approximate surface area is 96.3 Å². The van der Waals surface area contributed by atoms with Gasteiger partial charge in [-0.2, -0.15) is 0 Å². The van der Waals surface area contributed by atoms with Gasteiger partial charge < -0.3 is 5.32 Å². The summed E-state index contributed by atoms with van der Waals surface area (Å²) in [5, 5.41) is 3.18. The lowest BCUT2D eigenvalue weighted by atomic mass is 10.1. The molecule has 1 heterocycles. The van der Waals surface area contributed by atoms with Gasteiger partial charge in [0, 0.05) is 12.5 Å². The molecule has 82 valence electrons. The molecular weight excluding hydrogens is 224 g/mol. The van der Waals surface area contributed by atoms with Gasteiger partial charge in [-0.05, 0) is 25.1 Å². The Morgan fingerprint density at radius 3 is 2.69 bits per heavy atom. The van der Waals surface area contributed by atoms with E-state index in [0.29, 0.717) is 10.7 Å². The first kappa shape index (κ1) is 10.8. The Morgan fingerprint density at radius 2 is 2.06 bits per heavy atom. The van der Waals surface area contributed by atoms with Crippen LogP contribution in [0.5, 0.6) is 0 Å². The number of thiazole rings is 1. The molecule has 0 bridgehead atoms. The number of ketones is 1. The molecule has 0 fully saturated rings. The van der Waals surface area contributed by atoms with Crippen LogP contribution in [0.2, 0.25) is 0 Å². The van der Waals surface area contributed by atoms with E-state index in [1.807, 2.05) is 0 Å². The highest BCUT2D eigenvalue weighted by atomic mass is 32.1. The van der Waals surface area contributed by atoms with Crippen LogP contribution < -0.4 is 5.32 Å². The number of nitrogens with one attached hydrogen (secondary N) is 1. The summed E-state index contributed by atoms with van der Waals surface area (Å²) in [6.07, 6.45) is 0. The van der Waals surface area contributed by atoms with E-state index in [-0.39, 0.29) is 11.7 Å². The third-order valence-corrected chi connectivity index (χ3v) is 3.01. The number of carbonyl (C=O) groups is 2. The van der Waals surface area contributed by atoms with Gasteiger partial charge in [0.25, 0.3) is 0 Å². The Hall–Kier alpha value is -1.75. The Kier molecular flexibility index (Phi) is 2.70. The summed E-state index contributed by atoms with van der Waals surface area (Å²) in [6, 6.07) is 5.32. The molecule has 0 spiro atoms. The van der Waals surface area contributed by atoms with Crippen molar-refractivity contribution in [2.45, 2.75) is 13.8 Å². The Morgan fingerprint density at radius 1 is 1.31 bits per heavy atom. The summed E-state index contributed by atoms with van der Waals surface area (Å²) in [5.74, 6) is -0.123. The molecule has 0 unspecified atom stereocenters. The molecule has 0 saturated heterocycles. The molecule has 4 nitrogen and oxygen atoms in total. The van der Waals surface area contributed by atoms with Gasteiger partial charge in [-0.1, -0.05) is 11.3 Å². The fourth-order valence-electron chi connectivity index (χ4n) is 1.35. The van der Waals surface area contributed by atoms with Crippen LogP contribution in [0.15, 0.2) is 18.2 Å². The number of aromatic nitrogens is 1. The van der Waals surface area contributed by atoms with Crippen LogP contribution in [0.1, 0.15) is 24.2 Å². The van der Waals surface area contributed by atoms with E-state index in [9.17, 15) is 9.59 Å². The number of hydrogen-bond acceptors (Lipinski definition) is 4. The Bertz CT molecular complexity index is 574. The van der Waals surface area contributed by atoms with Crippen LogP contribution in [0.3, 0.4) is 0 Å². The van der Waals surface area contributed by atoms with Gasteiger partial charge >= 0.3 is 0 Å². The molecule has 2 aromatic rings. The van der Waals surface area contributed by atoms with Crippen molar-refractivity contribution in [1.82, 2.24) is 4.98 Å². The first-order valence-electron chi connectivity index (χ1n) is 4.75. The quantitative estimate of drug-likeness (QED) is 0.812. The summed E-state index contributed by atoms with van der Waals surface area (Å²) < 4.78 is 0.899. The van der Waals surface area contributed by atoms with Gasteiger partial charge in [-0.25, -0.2) is 4.98 Å².